The number of hydrogen-bond donors (Lipinski definition) is 4. The second-order valence-corrected chi connectivity index (χ2v) is 6.14. The highest BCUT2D eigenvalue weighted by atomic mass is 16.5. The second kappa shape index (κ2) is 7.55. The number of nitrogens with two attached hydrogens (primary N) is 1. The van der Waals surface area contributed by atoms with Crippen LogP contribution in [0.1, 0.15) is 33.1 Å². The Morgan fingerprint density at radius 2 is 1.86 bits per heavy atom. The molecular formula is C14H24N2O6. The fourth-order valence-corrected chi connectivity index (χ4v) is 2.16. The molecule has 8 nitrogen and oxygen atoms in total. The zero-order valence-electron chi connectivity index (χ0n) is 12.9. The van der Waals surface area contributed by atoms with E-state index < -0.39 is 36.4 Å². The highest BCUT2D eigenvalue weighted by molar-refractivity contribution is 5.89. The third-order valence-corrected chi connectivity index (χ3v) is 4.14. The molecule has 0 aromatic carbocycles. The summed E-state index contributed by atoms with van der Waals surface area (Å²) in [4.78, 5) is 33.3. The summed E-state index contributed by atoms with van der Waals surface area (Å²) < 4.78 is 5.45. The predicted molar refractivity (Wildman–Crippen MR) is 77.1 cm³/mol. The Bertz CT molecular complexity index is 433. The van der Waals surface area contributed by atoms with Gasteiger partial charge in [-0.05, 0) is 24.2 Å². The van der Waals surface area contributed by atoms with Crippen LogP contribution in [0.25, 0.3) is 0 Å². The maximum Gasteiger partial charge on any atom is 0.328 e. The van der Waals surface area contributed by atoms with E-state index in [9.17, 15) is 14.4 Å². The van der Waals surface area contributed by atoms with E-state index in [1.54, 1.807) is 0 Å². The molecule has 22 heavy (non-hydrogen) atoms. The van der Waals surface area contributed by atoms with Crippen LogP contribution < -0.4 is 11.1 Å². The minimum absolute atomic E-state index is 0.118. The summed E-state index contributed by atoms with van der Waals surface area (Å²) in [7, 11) is 0. The molecule has 0 aliphatic heterocycles. The number of ether oxygens (including phenoxy) is 1. The average molecular weight is 316 g/mol. The highest BCUT2D eigenvalue weighted by Gasteiger charge is 2.45. The molecule has 8 heteroatoms. The maximum absolute atomic E-state index is 11.7. The zero-order valence-corrected chi connectivity index (χ0v) is 12.9. The molecule has 1 rings (SSSR count). The number of carboxylic acid groups (broad SMARTS) is 2. The van der Waals surface area contributed by atoms with E-state index in [4.69, 9.17) is 20.7 Å². The van der Waals surface area contributed by atoms with E-state index in [0.717, 1.165) is 12.8 Å². The van der Waals surface area contributed by atoms with Gasteiger partial charge < -0.3 is 26.0 Å². The molecule has 2 atom stereocenters. The van der Waals surface area contributed by atoms with Gasteiger partial charge in [0.25, 0.3) is 0 Å². The zero-order chi connectivity index (χ0) is 16.9. The summed E-state index contributed by atoms with van der Waals surface area (Å²) in [5, 5.41) is 19.9. The van der Waals surface area contributed by atoms with E-state index >= 15 is 0 Å². The summed E-state index contributed by atoms with van der Waals surface area (Å²) in [6, 6.07) is -2.53. The van der Waals surface area contributed by atoms with Crippen LogP contribution in [-0.2, 0) is 19.1 Å². The molecule has 0 aromatic rings. The first-order chi connectivity index (χ1) is 10.2. The lowest BCUT2D eigenvalue weighted by Gasteiger charge is -2.22. The van der Waals surface area contributed by atoms with Gasteiger partial charge in [-0.15, -0.1) is 0 Å². The topological polar surface area (TPSA) is 139 Å². The van der Waals surface area contributed by atoms with Crippen LogP contribution in [0.5, 0.6) is 0 Å². The van der Waals surface area contributed by atoms with Crippen molar-refractivity contribution >= 4 is 17.8 Å². The van der Waals surface area contributed by atoms with Crippen molar-refractivity contribution in [1.82, 2.24) is 5.32 Å². The normalized spacial score (nSPS) is 18.5. The number of nitrogens with one attached hydrogen (secondary N) is 1. The largest absolute Gasteiger partial charge is 0.481 e. The van der Waals surface area contributed by atoms with Gasteiger partial charge in [0, 0.05) is 0 Å². The summed E-state index contributed by atoms with van der Waals surface area (Å²) in [5.41, 5.74) is 5.51. The van der Waals surface area contributed by atoms with Gasteiger partial charge in [-0.3, -0.25) is 9.59 Å². The van der Waals surface area contributed by atoms with Gasteiger partial charge in [-0.1, -0.05) is 13.8 Å². The third-order valence-electron chi connectivity index (χ3n) is 4.14. The predicted octanol–water partition coefficient (Wildman–Crippen LogP) is -0.189. The third kappa shape index (κ3) is 5.27. The molecule has 0 bridgehead atoms. The average Bonchev–Trinajstić information content (AvgIpc) is 3.17. The van der Waals surface area contributed by atoms with Crippen LogP contribution in [0.2, 0.25) is 0 Å². The Morgan fingerprint density at radius 1 is 1.27 bits per heavy atom. The van der Waals surface area contributed by atoms with Gasteiger partial charge in [-0.2, -0.15) is 0 Å². The molecular weight excluding hydrogens is 292 g/mol. The maximum atomic E-state index is 11.7. The summed E-state index contributed by atoms with van der Waals surface area (Å²) in [6.45, 7) is 4.47. The fourth-order valence-electron chi connectivity index (χ4n) is 2.16. The van der Waals surface area contributed by atoms with Gasteiger partial charge in [-0.25, -0.2) is 4.79 Å². The van der Waals surface area contributed by atoms with Crippen LogP contribution in [-0.4, -0.2) is 53.4 Å². The SMILES string of the molecule is CC(C)C1(COC[C@H](NC(=O)[C@@H](N)CC(=O)O)C(=O)O)CC1. The smallest absolute Gasteiger partial charge is 0.328 e. The molecule has 0 heterocycles. The van der Waals surface area contributed by atoms with Crippen molar-refractivity contribution in [1.29, 1.82) is 0 Å². The molecule has 1 aliphatic rings. The summed E-state index contributed by atoms with van der Waals surface area (Å²) in [6.07, 6.45) is 1.55. The number of rotatable bonds is 10. The van der Waals surface area contributed by atoms with Crippen molar-refractivity contribution < 1.29 is 29.3 Å². The van der Waals surface area contributed by atoms with Crippen molar-refractivity contribution in [2.24, 2.45) is 17.1 Å². The molecule has 1 fully saturated rings. The van der Waals surface area contributed by atoms with Crippen LogP contribution in [0.15, 0.2) is 0 Å². The summed E-state index contributed by atoms with van der Waals surface area (Å²) in [5.74, 6) is -2.83. The minimum Gasteiger partial charge on any atom is -0.481 e. The van der Waals surface area contributed by atoms with Crippen molar-refractivity contribution in [2.75, 3.05) is 13.2 Å². The lowest BCUT2D eigenvalue weighted by molar-refractivity contribution is -0.144. The number of carbonyl (C=O) groups is 3. The van der Waals surface area contributed by atoms with Crippen LogP contribution in [0.4, 0.5) is 0 Å². The molecule has 0 saturated heterocycles. The molecule has 0 radical (unpaired) electrons. The van der Waals surface area contributed by atoms with Gasteiger partial charge in [0.1, 0.15) is 0 Å². The second-order valence-electron chi connectivity index (χ2n) is 6.14. The molecule has 0 aromatic heterocycles. The van der Waals surface area contributed by atoms with Crippen molar-refractivity contribution in [3.05, 3.63) is 0 Å². The first-order valence-corrected chi connectivity index (χ1v) is 7.26. The Hall–Kier alpha value is -1.67. The van der Waals surface area contributed by atoms with E-state index in [1.807, 2.05) is 0 Å². The molecule has 1 amide bonds. The number of aliphatic carboxylic acids is 2. The van der Waals surface area contributed by atoms with Crippen LogP contribution in [0.3, 0.4) is 0 Å². The lowest BCUT2D eigenvalue weighted by atomic mass is 9.93. The molecule has 0 spiro atoms. The standard InChI is InChI=1S/C14H24N2O6/c1-8(2)14(3-4-14)7-22-6-10(13(20)21)16-12(19)9(15)5-11(17)18/h8-10H,3-7,15H2,1-2H3,(H,16,19)(H,17,18)(H,20,21)/t9-,10-/m0/s1. The highest BCUT2D eigenvalue weighted by Crippen LogP contribution is 2.51. The molecule has 126 valence electrons. The van der Waals surface area contributed by atoms with Crippen molar-refractivity contribution in [2.45, 2.75) is 45.2 Å². The molecule has 0 unspecified atom stereocenters. The van der Waals surface area contributed by atoms with Crippen LogP contribution in [0, 0.1) is 11.3 Å². The van der Waals surface area contributed by atoms with E-state index in [0.29, 0.717) is 12.5 Å². The van der Waals surface area contributed by atoms with Crippen molar-refractivity contribution in [3.63, 3.8) is 0 Å². The van der Waals surface area contributed by atoms with Gasteiger partial charge in [0.2, 0.25) is 5.91 Å². The lowest BCUT2D eigenvalue weighted by Crippen LogP contribution is -2.51. The Kier molecular flexibility index (Phi) is 6.31. The summed E-state index contributed by atoms with van der Waals surface area (Å²) >= 11 is 0. The Labute approximate surface area is 129 Å². The number of carboxylic acids is 2. The molecule has 1 saturated carbocycles. The number of carbonyl (C=O) groups excluding carboxylic acids is 1. The first-order valence-electron chi connectivity index (χ1n) is 7.26. The minimum atomic E-state index is -1.29. The van der Waals surface area contributed by atoms with E-state index in [1.165, 1.54) is 0 Å². The number of hydrogen-bond acceptors (Lipinski definition) is 5. The van der Waals surface area contributed by atoms with E-state index in [-0.39, 0.29) is 12.0 Å². The Balaban J connectivity index is 2.44. The van der Waals surface area contributed by atoms with E-state index in [2.05, 4.69) is 19.2 Å². The quantitative estimate of drug-likeness (QED) is 0.438. The molecule has 1 aliphatic carbocycles. The Morgan fingerprint density at radius 3 is 2.27 bits per heavy atom. The van der Waals surface area contributed by atoms with Crippen LogP contribution >= 0.6 is 0 Å². The first kappa shape index (κ1) is 18.4. The van der Waals surface area contributed by atoms with Gasteiger partial charge in [0.05, 0.1) is 25.7 Å². The number of amides is 1. The fraction of sp³-hybridized carbons (Fsp3) is 0.786. The monoisotopic (exact) mass is 316 g/mol. The van der Waals surface area contributed by atoms with Gasteiger partial charge >= 0.3 is 11.9 Å². The molecule has 5 N–H and O–H groups in total. The van der Waals surface area contributed by atoms with Crippen molar-refractivity contribution in [3.8, 4) is 0 Å². The van der Waals surface area contributed by atoms with Gasteiger partial charge in [0.15, 0.2) is 6.04 Å².